The Morgan fingerprint density at radius 3 is 2.71 bits per heavy atom. The van der Waals surface area contributed by atoms with Crippen molar-refractivity contribution >= 4 is 10.9 Å². The summed E-state index contributed by atoms with van der Waals surface area (Å²) in [7, 11) is 2.19. The molecule has 3 aromatic rings. The second kappa shape index (κ2) is 5.67. The van der Waals surface area contributed by atoms with Crippen LogP contribution < -0.4 is 0 Å². The van der Waals surface area contributed by atoms with Gasteiger partial charge >= 0.3 is 0 Å². The fourth-order valence-corrected chi connectivity index (χ4v) is 4.06. The molecule has 0 bridgehead atoms. The van der Waals surface area contributed by atoms with Gasteiger partial charge in [0.15, 0.2) is 0 Å². The van der Waals surface area contributed by atoms with Crippen molar-refractivity contribution in [3.05, 3.63) is 64.8 Å². The molecule has 2 aromatic carbocycles. The number of para-hydroxylation sites is 1. The number of aryl methyl sites for hydroxylation is 1. The third kappa shape index (κ3) is 2.31. The summed E-state index contributed by atoms with van der Waals surface area (Å²) in [6.07, 6.45) is 1.05. The first kappa shape index (κ1) is 15.3. The topological polar surface area (TPSA) is 28.4 Å². The molecular formula is C21H24N2O. The molecule has 0 saturated carbocycles. The molecule has 2 heterocycles. The quantitative estimate of drug-likeness (QED) is 0.764. The van der Waals surface area contributed by atoms with Gasteiger partial charge in [0.2, 0.25) is 0 Å². The molecule has 0 fully saturated rings. The van der Waals surface area contributed by atoms with Crippen molar-refractivity contribution in [3.8, 4) is 5.75 Å². The monoisotopic (exact) mass is 320 g/mol. The molecule has 1 aliphatic heterocycles. The van der Waals surface area contributed by atoms with Gasteiger partial charge in [-0.2, -0.15) is 0 Å². The van der Waals surface area contributed by atoms with Gasteiger partial charge in [0.05, 0.1) is 6.04 Å². The van der Waals surface area contributed by atoms with Crippen LogP contribution in [0.4, 0.5) is 0 Å². The summed E-state index contributed by atoms with van der Waals surface area (Å²) >= 11 is 0. The maximum absolute atomic E-state index is 10.3. The van der Waals surface area contributed by atoms with Gasteiger partial charge in [-0.3, -0.25) is 0 Å². The van der Waals surface area contributed by atoms with Crippen LogP contribution in [0.15, 0.2) is 42.5 Å². The maximum Gasteiger partial charge on any atom is 0.120 e. The molecule has 1 aromatic heterocycles. The lowest BCUT2D eigenvalue weighted by molar-refractivity contribution is 0.308. The smallest absolute Gasteiger partial charge is 0.120 e. The Balaban J connectivity index is 1.97. The molecule has 0 radical (unpaired) electrons. The highest BCUT2D eigenvalue weighted by Gasteiger charge is 2.25. The lowest BCUT2D eigenvalue weighted by Gasteiger charge is -2.26. The highest BCUT2D eigenvalue weighted by Crippen LogP contribution is 2.37. The minimum absolute atomic E-state index is 0.114. The zero-order valence-electron chi connectivity index (χ0n) is 14.6. The van der Waals surface area contributed by atoms with Crippen molar-refractivity contribution < 1.29 is 5.11 Å². The fourth-order valence-electron chi connectivity index (χ4n) is 4.06. The minimum atomic E-state index is 0.114. The van der Waals surface area contributed by atoms with Crippen molar-refractivity contribution in [2.24, 2.45) is 0 Å². The van der Waals surface area contributed by atoms with Gasteiger partial charge in [0.1, 0.15) is 5.75 Å². The van der Waals surface area contributed by atoms with Crippen LogP contribution in [0.3, 0.4) is 0 Å². The van der Waals surface area contributed by atoms with E-state index in [0.717, 1.165) is 25.1 Å². The van der Waals surface area contributed by atoms with Crippen molar-refractivity contribution in [3.63, 3.8) is 0 Å². The first-order chi connectivity index (χ1) is 11.6. The van der Waals surface area contributed by atoms with Gasteiger partial charge in [-0.25, -0.2) is 0 Å². The van der Waals surface area contributed by atoms with E-state index in [0.29, 0.717) is 5.75 Å². The summed E-state index contributed by atoms with van der Waals surface area (Å²) in [4.78, 5) is 2.39. The van der Waals surface area contributed by atoms with Crippen LogP contribution >= 0.6 is 0 Å². The van der Waals surface area contributed by atoms with E-state index < -0.39 is 0 Å². The van der Waals surface area contributed by atoms with Crippen molar-refractivity contribution in [2.45, 2.75) is 32.9 Å². The molecule has 0 amide bonds. The number of phenols is 1. The molecule has 4 rings (SSSR count). The molecule has 1 N–H and O–H groups in total. The molecular weight excluding hydrogens is 296 g/mol. The molecule has 1 unspecified atom stereocenters. The average Bonchev–Trinajstić information content (AvgIpc) is 2.88. The minimum Gasteiger partial charge on any atom is -0.508 e. The standard InChI is InChI=1S/C21H24N2O/c1-14-8-9-19-17(12-14)18-13-22(3)11-10-20(18)23(19)15(2)16-6-4-5-7-21(16)24/h4-9,12,15,24H,10-11,13H2,1-3H3. The number of aromatic nitrogens is 1. The lowest BCUT2D eigenvalue weighted by Crippen LogP contribution is -2.28. The Morgan fingerprint density at radius 1 is 1.12 bits per heavy atom. The number of hydrogen-bond donors (Lipinski definition) is 1. The van der Waals surface area contributed by atoms with E-state index in [1.807, 2.05) is 18.2 Å². The van der Waals surface area contributed by atoms with Gasteiger partial charge in [-0.15, -0.1) is 0 Å². The van der Waals surface area contributed by atoms with E-state index in [4.69, 9.17) is 0 Å². The van der Waals surface area contributed by atoms with Gasteiger partial charge in [0.25, 0.3) is 0 Å². The number of rotatable bonds is 2. The Kier molecular flexibility index (Phi) is 3.61. The van der Waals surface area contributed by atoms with Crippen LogP contribution in [-0.2, 0) is 13.0 Å². The first-order valence-electron chi connectivity index (χ1n) is 8.65. The highest BCUT2D eigenvalue weighted by molar-refractivity contribution is 5.87. The van der Waals surface area contributed by atoms with Crippen molar-refractivity contribution in [1.29, 1.82) is 0 Å². The molecule has 0 saturated heterocycles. The van der Waals surface area contributed by atoms with Gasteiger partial charge in [0, 0.05) is 41.7 Å². The first-order valence-corrected chi connectivity index (χ1v) is 8.65. The van der Waals surface area contributed by atoms with E-state index in [1.54, 1.807) is 6.07 Å². The molecule has 0 spiro atoms. The van der Waals surface area contributed by atoms with E-state index in [1.165, 1.54) is 27.7 Å². The molecule has 3 heteroatoms. The van der Waals surface area contributed by atoms with Crippen molar-refractivity contribution in [2.75, 3.05) is 13.6 Å². The van der Waals surface area contributed by atoms with Crippen LogP contribution in [0.2, 0.25) is 0 Å². The third-order valence-electron chi connectivity index (χ3n) is 5.31. The molecule has 3 nitrogen and oxygen atoms in total. The third-order valence-corrected chi connectivity index (χ3v) is 5.31. The molecule has 24 heavy (non-hydrogen) atoms. The highest BCUT2D eigenvalue weighted by atomic mass is 16.3. The van der Waals surface area contributed by atoms with Crippen molar-refractivity contribution in [1.82, 2.24) is 9.47 Å². The zero-order valence-corrected chi connectivity index (χ0v) is 14.6. The van der Waals surface area contributed by atoms with Crippen LogP contribution in [0.5, 0.6) is 5.75 Å². The van der Waals surface area contributed by atoms with Gasteiger partial charge in [-0.05, 0) is 44.7 Å². The van der Waals surface area contributed by atoms with E-state index >= 15 is 0 Å². The molecule has 0 aliphatic carbocycles. The summed E-state index contributed by atoms with van der Waals surface area (Å²) in [5.74, 6) is 0.376. The van der Waals surface area contributed by atoms with E-state index in [9.17, 15) is 5.11 Å². The van der Waals surface area contributed by atoms with Gasteiger partial charge in [-0.1, -0.05) is 29.8 Å². The summed E-state index contributed by atoms with van der Waals surface area (Å²) in [6.45, 7) is 6.42. The molecule has 124 valence electrons. The number of likely N-dealkylation sites (N-methyl/N-ethyl adjacent to an activating group) is 1. The largest absolute Gasteiger partial charge is 0.508 e. The zero-order chi connectivity index (χ0) is 16.8. The van der Waals surface area contributed by atoms with Gasteiger partial charge < -0.3 is 14.6 Å². The fraction of sp³-hybridized carbons (Fsp3) is 0.333. The molecule has 1 atom stereocenters. The summed E-state index contributed by atoms with van der Waals surface area (Å²) in [5.41, 5.74) is 6.42. The number of benzene rings is 2. The number of fused-ring (bicyclic) bond motifs is 3. The number of aromatic hydroxyl groups is 1. The Bertz CT molecular complexity index is 910. The summed E-state index contributed by atoms with van der Waals surface area (Å²) in [5, 5.41) is 11.7. The Labute approximate surface area is 143 Å². The predicted molar refractivity (Wildman–Crippen MR) is 98.6 cm³/mol. The summed E-state index contributed by atoms with van der Waals surface area (Å²) < 4.78 is 2.44. The van der Waals surface area contributed by atoms with E-state index in [-0.39, 0.29) is 6.04 Å². The second-order valence-corrected chi connectivity index (χ2v) is 7.04. The van der Waals surface area contributed by atoms with Crippen LogP contribution in [0.25, 0.3) is 10.9 Å². The van der Waals surface area contributed by atoms with Crippen LogP contribution in [-0.4, -0.2) is 28.2 Å². The van der Waals surface area contributed by atoms with Crippen LogP contribution in [0, 0.1) is 6.92 Å². The lowest BCUT2D eigenvalue weighted by atomic mass is 10.0. The number of hydrogen-bond acceptors (Lipinski definition) is 2. The molecule has 1 aliphatic rings. The number of nitrogens with zero attached hydrogens (tertiary/aromatic N) is 2. The Morgan fingerprint density at radius 2 is 1.92 bits per heavy atom. The number of phenolic OH excluding ortho intramolecular Hbond substituents is 1. The van der Waals surface area contributed by atoms with E-state index in [2.05, 4.69) is 48.6 Å². The predicted octanol–water partition coefficient (Wildman–Crippen LogP) is 4.25. The summed E-state index contributed by atoms with van der Waals surface area (Å²) in [6, 6.07) is 14.5. The SMILES string of the molecule is Cc1ccc2c(c1)c1c(n2C(C)c2ccccc2O)CCN(C)C1. The van der Waals surface area contributed by atoms with Crippen LogP contribution in [0.1, 0.15) is 35.3 Å². The normalized spacial score (nSPS) is 16.3. The average molecular weight is 320 g/mol. The second-order valence-electron chi connectivity index (χ2n) is 7.04. The Hall–Kier alpha value is -2.26. The maximum atomic E-state index is 10.3.